The Bertz CT molecular complexity index is 1070. The SMILES string of the molecule is Cc1ccc(-c2ccco2)cc1NC(=O)c1cncc(-c2ccccc2)c1. The van der Waals surface area contributed by atoms with Gasteiger partial charge in [0.25, 0.3) is 5.91 Å². The van der Waals surface area contributed by atoms with Gasteiger partial charge in [0.05, 0.1) is 11.8 Å². The van der Waals surface area contributed by atoms with Gasteiger partial charge in [-0.3, -0.25) is 9.78 Å². The molecule has 0 aliphatic rings. The molecule has 4 heteroatoms. The van der Waals surface area contributed by atoms with Crippen LogP contribution in [-0.4, -0.2) is 10.9 Å². The van der Waals surface area contributed by atoms with E-state index in [1.54, 1.807) is 18.7 Å². The van der Waals surface area contributed by atoms with Gasteiger partial charge in [-0.1, -0.05) is 42.5 Å². The van der Waals surface area contributed by atoms with E-state index in [-0.39, 0.29) is 5.91 Å². The second kappa shape index (κ2) is 7.30. The van der Waals surface area contributed by atoms with Gasteiger partial charge < -0.3 is 9.73 Å². The van der Waals surface area contributed by atoms with Gasteiger partial charge in [-0.25, -0.2) is 0 Å². The fraction of sp³-hybridized carbons (Fsp3) is 0.0435. The molecule has 0 radical (unpaired) electrons. The van der Waals surface area contributed by atoms with Gasteiger partial charge in [-0.2, -0.15) is 0 Å². The molecule has 1 N–H and O–H groups in total. The first-order valence-electron chi connectivity index (χ1n) is 8.67. The summed E-state index contributed by atoms with van der Waals surface area (Å²) in [4.78, 5) is 17.0. The maximum atomic E-state index is 12.8. The first kappa shape index (κ1) is 16.8. The lowest BCUT2D eigenvalue weighted by atomic mass is 10.1. The van der Waals surface area contributed by atoms with Crippen molar-refractivity contribution >= 4 is 11.6 Å². The zero-order valence-corrected chi connectivity index (χ0v) is 14.8. The summed E-state index contributed by atoms with van der Waals surface area (Å²) in [5.41, 5.74) is 5.08. The number of aromatic nitrogens is 1. The molecule has 0 unspecified atom stereocenters. The molecule has 4 aromatic rings. The van der Waals surface area contributed by atoms with E-state index in [0.717, 1.165) is 33.7 Å². The fourth-order valence-electron chi connectivity index (χ4n) is 2.90. The Hall–Kier alpha value is -3.66. The number of carbonyl (C=O) groups excluding carboxylic acids is 1. The highest BCUT2D eigenvalue weighted by Gasteiger charge is 2.11. The Balaban J connectivity index is 1.61. The first-order valence-corrected chi connectivity index (χ1v) is 8.67. The molecule has 27 heavy (non-hydrogen) atoms. The molecular weight excluding hydrogens is 336 g/mol. The Morgan fingerprint density at radius 1 is 0.889 bits per heavy atom. The van der Waals surface area contributed by atoms with Crippen LogP contribution < -0.4 is 5.32 Å². The number of hydrogen-bond acceptors (Lipinski definition) is 3. The summed E-state index contributed by atoms with van der Waals surface area (Å²) in [5, 5.41) is 2.99. The molecule has 4 rings (SSSR count). The van der Waals surface area contributed by atoms with Crippen molar-refractivity contribution in [1.82, 2.24) is 4.98 Å². The van der Waals surface area contributed by atoms with E-state index in [2.05, 4.69) is 10.3 Å². The number of aryl methyl sites for hydroxylation is 1. The van der Waals surface area contributed by atoms with E-state index in [9.17, 15) is 4.79 Å². The van der Waals surface area contributed by atoms with Crippen LogP contribution in [0.1, 0.15) is 15.9 Å². The van der Waals surface area contributed by atoms with Crippen LogP contribution in [0.25, 0.3) is 22.5 Å². The molecule has 0 aliphatic carbocycles. The minimum absolute atomic E-state index is 0.194. The lowest BCUT2D eigenvalue weighted by molar-refractivity contribution is 0.102. The smallest absolute Gasteiger partial charge is 0.257 e. The third-order valence-corrected chi connectivity index (χ3v) is 4.40. The molecule has 2 aromatic carbocycles. The summed E-state index contributed by atoms with van der Waals surface area (Å²) < 4.78 is 5.45. The summed E-state index contributed by atoms with van der Waals surface area (Å²) in [6.45, 7) is 1.96. The van der Waals surface area contributed by atoms with Crippen LogP contribution in [0.2, 0.25) is 0 Å². The highest BCUT2D eigenvalue weighted by atomic mass is 16.3. The highest BCUT2D eigenvalue weighted by molar-refractivity contribution is 6.05. The van der Waals surface area contributed by atoms with Gasteiger partial charge in [0.1, 0.15) is 5.76 Å². The molecule has 4 nitrogen and oxygen atoms in total. The van der Waals surface area contributed by atoms with Crippen LogP contribution >= 0.6 is 0 Å². The van der Waals surface area contributed by atoms with Crippen molar-refractivity contribution in [3.8, 4) is 22.5 Å². The van der Waals surface area contributed by atoms with Crippen LogP contribution in [0, 0.1) is 6.92 Å². The van der Waals surface area contributed by atoms with E-state index in [1.165, 1.54) is 0 Å². The van der Waals surface area contributed by atoms with Gasteiger partial charge >= 0.3 is 0 Å². The Morgan fingerprint density at radius 2 is 1.74 bits per heavy atom. The molecule has 132 valence electrons. The first-order chi connectivity index (χ1) is 13.2. The maximum absolute atomic E-state index is 12.8. The molecule has 0 aliphatic heterocycles. The number of benzene rings is 2. The molecule has 0 atom stereocenters. The van der Waals surface area contributed by atoms with Gasteiger partial charge in [0.15, 0.2) is 0 Å². The normalized spacial score (nSPS) is 10.6. The molecule has 0 saturated heterocycles. The number of carbonyl (C=O) groups is 1. The minimum atomic E-state index is -0.194. The second-order valence-corrected chi connectivity index (χ2v) is 6.29. The standard InChI is InChI=1S/C23H18N2O2/c1-16-9-10-18(22-8-5-11-27-22)13-21(16)25-23(26)20-12-19(14-24-15-20)17-6-3-2-4-7-17/h2-15H,1H3,(H,25,26). The predicted octanol–water partition coefficient (Wildman–Crippen LogP) is 5.57. The van der Waals surface area contributed by atoms with Crippen molar-refractivity contribution in [3.63, 3.8) is 0 Å². The average Bonchev–Trinajstić information content (AvgIpc) is 3.25. The Kier molecular flexibility index (Phi) is 4.54. The van der Waals surface area contributed by atoms with Crippen LogP contribution in [0.15, 0.2) is 89.8 Å². The van der Waals surface area contributed by atoms with Crippen molar-refractivity contribution < 1.29 is 9.21 Å². The van der Waals surface area contributed by atoms with Gasteiger partial charge in [0, 0.05) is 29.2 Å². The van der Waals surface area contributed by atoms with Crippen molar-refractivity contribution in [2.45, 2.75) is 6.92 Å². The largest absolute Gasteiger partial charge is 0.464 e. The monoisotopic (exact) mass is 354 g/mol. The Labute approximate surface area is 157 Å². The number of nitrogens with one attached hydrogen (secondary N) is 1. The van der Waals surface area contributed by atoms with Crippen LogP contribution in [-0.2, 0) is 0 Å². The van der Waals surface area contributed by atoms with Gasteiger partial charge in [-0.15, -0.1) is 0 Å². The molecule has 1 amide bonds. The number of rotatable bonds is 4. The molecule has 2 heterocycles. The van der Waals surface area contributed by atoms with E-state index in [4.69, 9.17) is 4.42 Å². The lowest BCUT2D eigenvalue weighted by Gasteiger charge is -2.11. The number of amides is 1. The van der Waals surface area contributed by atoms with E-state index < -0.39 is 0 Å². The molecule has 0 fully saturated rings. The highest BCUT2D eigenvalue weighted by Crippen LogP contribution is 2.26. The molecule has 0 saturated carbocycles. The van der Waals surface area contributed by atoms with E-state index >= 15 is 0 Å². The van der Waals surface area contributed by atoms with Crippen LogP contribution in [0.5, 0.6) is 0 Å². The number of pyridine rings is 1. The number of nitrogens with zero attached hydrogens (tertiary/aromatic N) is 1. The van der Waals surface area contributed by atoms with Crippen molar-refractivity contribution in [1.29, 1.82) is 0 Å². The topological polar surface area (TPSA) is 55.1 Å². The fourth-order valence-corrected chi connectivity index (χ4v) is 2.90. The van der Waals surface area contributed by atoms with Gasteiger partial charge in [-0.05, 0) is 42.3 Å². The summed E-state index contributed by atoms with van der Waals surface area (Å²) in [6, 6.07) is 21.3. The summed E-state index contributed by atoms with van der Waals surface area (Å²) in [6.07, 6.45) is 4.97. The molecular formula is C23H18N2O2. The summed E-state index contributed by atoms with van der Waals surface area (Å²) in [7, 11) is 0. The summed E-state index contributed by atoms with van der Waals surface area (Å²) in [5.74, 6) is 0.568. The van der Waals surface area contributed by atoms with Crippen molar-refractivity contribution in [3.05, 3.63) is 96.5 Å². The summed E-state index contributed by atoms with van der Waals surface area (Å²) >= 11 is 0. The van der Waals surface area contributed by atoms with E-state index in [0.29, 0.717) is 5.56 Å². The number of furan rings is 1. The zero-order valence-electron chi connectivity index (χ0n) is 14.8. The predicted molar refractivity (Wildman–Crippen MR) is 107 cm³/mol. The van der Waals surface area contributed by atoms with Crippen molar-refractivity contribution in [2.75, 3.05) is 5.32 Å². The third-order valence-electron chi connectivity index (χ3n) is 4.40. The zero-order chi connectivity index (χ0) is 18.6. The minimum Gasteiger partial charge on any atom is -0.464 e. The molecule has 2 aromatic heterocycles. The second-order valence-electron chi connectivity index (χ2n) is 6.29. The number of anilines is 1. The number of hydrogen-bond donors (Lipinski definition) is 1. The van der Waals surface area contributed by atoms with Crippen molar-refractivity contribution in [2.24, 2.45) is 0 Å². The Morgan fingerprint density at radius 3 is 2.52 bits per heavy atom. The van der Waals surface area contributed by atoms with Gasteiger partial charge in [0.2, 0.25) is 0 Å². The molecule has 0 spiro atoms. The van der Waals surface area contributed by atoms with E-state index in [1.807, 2.05) is 73.7 Å². The quantitative estimate of drug-likeness (QED) is 0.521. The molecule has 0 bridgehead atoms. The third kappa shape index (κ3) is 3.65. The lowest BCUT2D eigenvalue weighted by Crippen LogP contribution is -2.13. The van der Waals surface area contributed by atoms with Crippen LogP contribution in [0.4, 0.5) is 5.69 Å². The maximum Gasteiger partial charge on any atom is 0.257 e. The average molecular weight is 354 g/mol. The van der Waals surface area contributed by atoms with Crippen LogP contribution in [0.3, 0.4) is 0 Å².